The molecule has 0 spiro atoms. The number of hydrogen-bond acceptors (Lipinski definition) is 4. The number of para-hydroxylation sites is 1. The molecule has 1 aliphatic carbocycles. The Morgan fingerprint density at radius 2 is 1.60 bits per heavy atom. The maximum atomic E-state index is 13.6. The van der Waals surface area contributed by atoms with Crippen LogP contribution < -0.4 is 5.14 Å². The van der Waals surface area contributed by atoms with Crippen molar-refractivity contribution in [1.82, 2.24) is 12.8 Å². The first-order valence-electron chi connectivity index (χ1n) is 12.5. The molecule has 2 fully saturated rings. The van der Waals surface area contributed by atoms with Crippen LogP contribution in [0.2, 0.25) is 0 Å². The number of benzene rings is 1. The SMILES string of the molecule is Cc1c(S(N)(=O)=O)cc(-c2cn(S(=O)(=O)N3CCCCC3)c3ccccc23)n1CC1CCCCC1. The molecule has 2 aromatic heterocycles. The van der Waals surface area contributed by atoms with Gasteiger partial charge in [0.15, 0.2) is 0 Å². The number of nitrogens with two attached hydrogens (primary N) is 1. The van der Waals surface area contributed by atoms with Gasteiger partial charge in [0.2, 0.25) is 10.0 Å². The summed E-state index contributed by atoms with van der Waals surface area (Å²) in [5.74, 6) is 0.451. The van der Waals surface area contributed by atoms with E-state index >= 15 is 0 Å². The van der Waals surface area contributed by atoms with Crippen molar-refractivity contribution in [3.8, 4) is 11.3 Å². The van der Waals surface area contributed by atoms with Crippen molar-refractivity contribution >= 4 is 31.1 Å². The fraction of sp³-hybridized carbons (Fsp3) is 0.520. The molecule has 2 N–H and O–H groups in total. The quantitative estimate of drug-likeness (QED) is 0.527. The minimum absolute atomic E-state index is 0.0963. The Hall–Kier alpha value is -2.14. The van der Waals surface area contributed by atoms with Crippen LogP contribution in [0, 0.1) is 12.8 Å². The number of nitrogens with zero attached hydrogens (tertiary/aromatic N) is 3. The van der Waals surface area contributed by atoms with Crippen molar-refractivity contribution in [2.45, 2.75) is 69.7 Å². The molecule has 0 radical (unpaired) electrons. The summed E-state index contributed by atoms with van der Waals surface area (Å²) in [6.07, 6.45) is 10.2. The Kier molecular flexibility index (Phi) is 6.58. The van der Waals surface area contributed by atoms with Crippen LogP contribution in [0.15, 0.2) is 41.4 Å². The van der Waals surface area contributed by atoms with Gasteiger partial charge in [-0.1, -0.05) is 43.9 Å². The van der Waals surface area contributed by atoms with E-state index in [-0.39, 0.29) is 4.90 Å². The smallest absolute Gasteiger partial charge is 0.307 e. The van der Waals surface area contributed by atoms with E-state index in [0.717, 1.165) is 37.5 Å². The van der Waals surface area contributed by atoms with Crippen molar-refractivity contribution < 1.29 is 16.8 Å². The molecule has 0 atom stereocenters. The standard InChI is InChI=1S/C25H34N4O4S2/c1-19-25(34(26,30)31)16-24(28(19)17-20-10-4-2-5-11-20)22-18-29(23-13-7-6-12-21(22)23)35(32,33)27-14-8-3-9-15-27/h6-7,12-13,16,18,20H,2-5,8-11,14-15,17H2,1H3,(H2,26,30,31). The molecule has 5 rings (SSSR count). The van der Waals surface area contributed by atoms with Crippen molar-refractivity contribution in [1.29, 1.82) is 0 Å². The minimum atomic E-state index is -3.93. The molecule has 35 heavy (non-hydrogen) atoms. The number of hydrogen-bond donors (Lipinski definition) is 1. The van der Waals surface area contributed by atoms with Crippen LogP contribution in [0.25, 0.3) is 22.2 Å². The van der Waals surface area contributed by atoms with E-state index in [9.17, 15) is 16.8 Å². The molecule has 0 unspecified atom stereocenters. The topological polar surface area (TPSA) is 107 Å². The van der Waals surface area contributed by atoms with Gasteiger partial charge in [0.05, 0.1) is 11.2 Å². The van der Waals surface area contributed by atoms with Crippen LogP contribution >= 0.6 is 0 Å². The summed E-state index contributed by atoms with van der Waals surface area (Å²) in [6.45, 7) is 3.50. The lowest BCUT2D eigenvalue weighted by Gasteiger charge is -2.26. The highest BCUT2D eigenvalue weighted by molar-refractivity contribution is 7.89. The summed E-state index contributed by atoms with van der Waals surface area (Å²) in [5.41, 5.74) is 2.59. The zero-order valence-electron chi connectivity index (χ0n) is 20.2. The van der Waals surface area contributed by atoms with Crippen LogP contribution in [0.3, 0.4) is 0 Å². The summed E-state index contributed by atoms with van der Waals surface area (Å²) < 4.78 is 57.1. The van der Waals surface area contributed by atoms with Gasteiger partial charge in [-0.15, -0.1) is 0 Å². The van der Waals surface area contributed by atoms with Crippen molar-refractivity contribution in [2.75, 3.05) is 13.1 Å². The van der Waals surface area contributed by atoms with Crippen molar-refractivity contribution in [3.63, 3.8) is 0 Å². The molecule has 0 bridgehead atoms. The van der Waals surface area contributed by atoms with Gasteiger partial charge >= 0.3 is 10.2 Å². The fourth-order valence-corrected chi connectivity index (χ4v) is 8.17. The fourth-order valence-electron chi connectivity index (χ4n) is 5.76. The summed E-state index contributed by atoms with van der Waals surface area (Å²) in [5, 5.41) is 6.36. The van der Waals surface area contributed by atoms with Gasteiger partial charge in [-0.25, -0.2) is 17.5 Å². The average Bonchev–Trinajstić information content (AvgIpc) is 3.39. The molecular formula is C25H34N4O4S2. The molecule has 2 aliphatic rings. The third-order valence-corrected chi connectivity index (χ3v) is 10.5. The first-order chi connectivity index (χ1) is 16.7. The number of fused-ring (bicyclic) bond motifs is 1. The molecule has 1 aliphatic heterocycles. The second-order valence-corrected chi connectivity index (χ2v) is 13.3. The summed E-state index contributed by atoms with van der Waals surface area (Å²) in [7, 11) is -7.68. The Bertz CT molecular complexity index is 1440. The van der Waals surface area contributed by atoms with Gasteiger partial charge in [0, 0.05) is 42.5 Å². The summed E-state index contributed by atoms with van der Waals surface area (Å²) >= 11 is 0. The Labute approximate surface area is 207 Å². The lowest BCUT2D eigenvalue weighted by molar-refractivity contribution is 0.318. The van der Waals surface area contributed by atoms with Crippen molar-refractivity contribution in [3.05, 3.63) is 42.2 Å². The van der Waals surface area contributed by atoms with Gasteiger partial charge in [0.25, 0.3) is 0 Å². The van der Waals surface area contributed by atoms with Crippen LogP contribution in [-0.2, 0) is 26.8 Å². The van der Waals surface area contributed by atoms with Crippen LogP contribution in [0.4, 0.5) is 0 Å². The molecule has 3 heterocycles. The van der Waals surface area contributed by atoms with E-state index in [1.54, 1.807) is 23.5 Å². The normalized spacial score (nSPS) is 18.9. The third-order valence-electron chi connectivity index (χ3n) is 7.64. The second-order valence-electron chi connectivity index (χ2n) is 9.96. The molecule has 3 aromatic rings. The number of primary sulfonamides is 1. The number of aromatic nitrogens is 2. The average molecular weight is 519 g/mol. The van der Waals surface area contributed by atoms with Crippen LogP contribution in [0.1, 0.15) is 57.1 Å². The second kappa shape index (κ2) is 9.38. The van der Waals surface area contributed by atoms with Gasteiger partial charge in [-0.2, -0.15) is 12.7 Å². The first kappa shape index (κ1) is 24.5. The van der Waals surface area contributed by atoms with E-state index in [2.05, 4.69) is 0 Å². The van der Waals surface area contributed by atoms with Gasteiger partial charge in [-0.3, -0.25) is 0 Å². The molecular weight excluding hydrogens is 484 g/mol. The number of rotatable bonds is 6. The molecule has 10 heteroatoms. The third kappa shape index (κ3) is 4.57. The minimum Gasteiger partial charge on any atom is -0.343 e. The Morgan fingerprint density at radius 3 is 2.29 bits per heavy atom. The Morgan fingerprint density at radius 1 is 0.943 bits per heavy atom. The molecule has 0 amide bonds. The van der Waals surface area contributed by atoms with E-state index in [4.69, 9.17) is 5.14 Å². The van der Waals surface area contributed by atoms with Gasteiger partial charge in [0.1, 0.15) is 4.90 Å². The van der Waals surface area contributed by atoms with E-state index in [1.807, 2.05) is 28.8 Å². The summed E-state index contributed by atoms with van der Waals surface area (Å²) in [6, 6.07) is 9.04. The summed E-state index contributed by atoms with van der Waals surface area (Å²) in [4.78, 5) is 0.0963. The highest BCUT2D eigenvalue weighted by Crippen LogP contribution is 2.37. The van der Waals surface area contributed by atoms with Crippen molar-refractivity contribution in [2.24, 2.45) is 11.1 Å². The van der Waals surface area contributed by atoms with Crippen LogP contribution in [-0.4, -0.2) is 42.8 Å². The Balaban J connectivity index is 1.69. The maximum Gasteiger partial charge on any atom is 0.307 e. The lowest BCUT2D eigenvalue weighted by Crippen LogP contribution is -2.38. The number of sulfonamides is 1. The van der Waals surface area contributed by atoms with E-state index in [0.29, 0.717) is 48.0 Å². The zero-order valence-corrected chi connectivity index (χ0v) is 21.8. The first-order valence-corrected chi connectivity index (χ1v) is 15.5. The van der Waals surface area contributed by atoms with E-state index < -0.39 is 20.2 Å². The predicted molar refractivity (Wildman–Crippen MR) is 138 cm³/mol. The van der Waals surface area contributed by atoms with E-state index in [1.165, 1.54) is 23.2 Å². The lowest BCUT2D eigenvalue weighted by atomic mass is 9.89. The highest BCUT2D eigenvalue weighted by Gasteiger charge is 2.30. The maximum absolute atomic E-state index is 13.6. The highest BCUT2D eigenvalue weighted by atomic mass is 32.2. The van der Waals surface area contributed by atoms with Gasteiger partial charge in [-0.05, 0) is 50.7 Å². The largest absolute Gasteiger partial charge is 0.343 e. The number of piperidine rings is 1. The molecule has 1 saturated carbocycles. The predicted octanol–water partition coefficient (Wildman–Crippen LogP) is 4.22. The zero-order chi connectivity index (χ0) is 24.8. The van der Waals surface area contributed by atoms with Gasteiger partial charge < -0.3 is 4.57 Å². The monoisotopic (exact) mass is 518 g/mol. The molecule has 8 nitrogen and oxygen atoms in total. The van der Waals surface area contributed by atoms with Crippen LogP contribution in [0.5, 0.6) is 0 Å². The molecule has 1 saturated heterocycles. The molecule has 1 aromatic carbocycles. The molecule has 190 valence electrons.